The third kappa shape index (κ3) is 4.09. The van der Waals surface area contributed by atoms with Crippen molar-refractivity contribution in [3.05, 3.63) is 35.6 Å². The highest BCUT2D eigenvalue weighted by Crippen LogP contribution is 2.46. The van der Waals surface area contributed by atoms with Gasteiger partial charge < -0.3 is 19.9 Å². The van der Waals surface area contributed by atoms with Crippen molar-refractivity contribution < 1.29 is 13.9 Å². The summed E-state index contributed by atoms with van der Waals surface area (Å²) in [7, 11) is 4.18. The van der Waals surface area contributed by atoms with E-state index in [-0.39, 0.29) is 35.0 Å². The molecule has 4 aliphatic rings. The van der Waals surface area contributed by atoms with Crippen LogP contribution in [0.5, 0.6) is 0 Å². The highest BCUT2D eigenvalue weighted by atomic mass is 19.1. The van der Waals surface area contributed by atoms with E-state index in [1.807, 2.05) is 23.2 Å². The Morgan fingerprint density at radius 2 is 1.79 bits per heavy atom. The first-order valence-corrected chi connectivity index (χ1v) is 12.3. The lowest BCUT2D eigenvalue weighted by atomic mass is 9.69. The molecule has 1 spiro atoms. The number of carbonyl (C=O) groups excluding carboxylic acids is 1. The van der Waals surface area contributed by atoms with Gasteiger partial charge in [0.05, 0.1) is 30.8 Å². The average molecular weight is 471 g/mol. The molecule has 2 amide bonds. The van der Waals surface area contributed by atoms with Gasteiger partial charge in [0.25, 0.3) is 0 Å². The van der Waals surface area contributed by atoms with Gasteiger partial charge in [0, 0.05) is 31.4 Å². The minimum Gasteiger partial charge on any atom is -0.378 e. The molecule has 1 N–H and O–H groups in total. The Kier molecular flexibility index (Phi) is 6.10. The Morgan fingerprint density at radius 3 is 2.41 bits per heavy atom. The zero-order valence-electron chi connectivity index (χ0n) is 20.3. The summed E-state index contributed by atoms with van der Waals surface area (Å²) in [5, 5.41) is 3.32. The lowest BCUT2D eigenvalue weighted by Gasteiger charge is -2.48. The number of hydrogen-bond donors (Lipinski definition) is 1. The van der Waals surface area contributed by atoms with Crippen molar-refractivity contribution in [3.8, 4) is 0 Å². The second-order valence-electron chi connectivity index (χ2n) is 10.3. The van der Waals surface area contributed by atoms with E-state index >= 15 is 0 Å². The molecule has 2 unspecified atom stereocenters. The summed E-state index contributed by atoms with van der Waals surface area (Å²) in [5.74, 6) is 0.528. The predicted octanol–water partition coefficient (Wildman–Crippen LogP) is 2.45. The summed E-state index contributed by atoms with van der Waals surface area (Å²) in [5.41, 5.74) is 0.722. The molecule has 3 aliphatic heterocycles. The van der Waals surface area contributed by atoms with Crippen LogP contribution in [0.15, 0.2) is 34.3 Å². The van der Waals surface area contributed by atoms with E-state index in [1.165, 1.54) is 0 Å². The van der Waals surface area contributed by atoms with E-state index in [2.05, 4.69) is 41.1 Å². The first-order chi connectivity index (χ1) is 16.3. The molecule has 5 rings (SSSR count). The largest absolute Gasteiger partial charge is 0.378 e. The second-order valence-corrected chi connectivity index (χ2v) is 10.3. The van der Waals surface area contributed by atoms with Crippen molar-refractivity contribution in [1.82, 2.24) is 20.0 Å². The number of urea groups is 1. The number of rotatable bonds is 3. The predicted molar refractivity (Wildman–Crippen MR) is 130 cm³/mol. The Labute approximate surface area is 200 Å². The molecule has 0 aromatic heterocycles. The van der Waals surface area contributed by atoms with Crippen molar-refractivity contribution in [2.24, 2.45) is 9.98 Å². The van der Waals surface area contributed by atoms with Crippen LogP contribution in [0.25, 0.3) is 0 Å². The molecule has 0 bridgehead atoms. The van der Waals surface area contributed by atoms with Gasteiger partial charge in [0.2, 0.25) is 5.96 Å². The van der Waals surface area contributed by atoms with E-state index in [0.29, 0.717) is 19.8 Å². The van der Waals surface area contributed by atoms with Crippen LogP contribution in [-0.4, -0.2) is 97.5 Å². The second kappa shape index (κ2) is 8.92. The maximum atomic E-state index is 13.6. The van der Waals surface area contributed by atoms with Crippen LogP contribution < -0.4 is 5.32 Å². The fraction of sp³-hybridized carbons (Fsp3) is 0.640. The van der Waals surface area contributed by atoms with Gasteiger partial charge in [-0.3, -0.25) is 4.90 Å². The summed E-state index contributed by atoms with van der Waals surface area (Å²) in [6.07, 6.45) is 5.42. The monoisotopic (exact) mass is 470 g/mol. The van der Waals surface area contributed by atoms with Crippen molar-refractivity contribution >= 4 is 18.2 Å². The van der Waals surface area contributed by atoms with Crippen molar-refractivity contribution in [2.45, 2.75) is 55.8 Å². The van der Waals surface area contributed by atoms with Gasteiger partial charge in [0.1, 0.15) is 5.82 Å². The molecule has 1 aliphatic carbocycles. The van der Waals surface area contributed by atoms with Crippen LogP contribution in [0.2, 0.25) is 0 Å². The van der Waals surface area contributed by atoms with Crippen molar-refractivity contribution in [3.63, 3.8) is 0 Å². The average Bonchev–Trinajstić information content (AvgIpc) is 3.16. The lowest BCUT2D eigenvalue weighted by molar-refractivity contribution is 0.0609. The van der Waals surface area contributed by atoms with Crippen molar-refractivity contribution in [2.75, 3.05) is 46.9 Å². The van der Waals surface area contributed by atoms with Crippen LogP contribution in [0.1, 0.15) is 38.2 Å². The molecule has 1 saturated carbocycles. The molecule has 2 atom stereocenters. The minimum atomic E-state index is -0.252. The minimum absolute atomic E-state index is 0.0348. The number of halogens is 1. The third-order valence-electron chi connectivity index (χ3n) is 8.19. The topological polar surface area (TPSA) is 72.8 Å². The Bertz CT molecular complexity index is 964. The van der Waals surface area contributed by atoms with Gasteiger partial charge >= 0.3 is 6.03 Å². The molecule has 9 heteroatoms. The van der Waals surface area contributed by atoms with Crippen LogP contribution >= 0.6 is 0 Å². The summed E-state index contributed by atoms with van der Waals surface area (Å²) >= 11 is 0. The summed E-state index contributed by atoms with van der Waals surface area (Å²) < 4.78 is 19.0. The number of nitrogens with zero attached hydrogens (tertiary/aromatic N) is 5. The molecule has 3 heterocycles. The van der Waals surface area contributed by atoms with Gasteiger partial charge in [-0.25, -0.2) is 19.2 Å². The quantitative estimate of drug-likeness (QED) is 0.737. The fourth-order valence-electron chi connectivity index (χ4n) is 5.98. The molecule has 0 radical (unpaired) electrons. The highest BCUT2D eigenvalue weighted by molar-refractivity contribution is 5.93. The number of guanidine groups is 1. The van der Waals surface area contributed by atoms with Gasteiger partial charge in [-0.15, -0.1) is 0 Å². The van der Waals surface area contributed by atoms with Crippen LogP contribution in [0, 0.1) is 5.82 Å². The molecule has 3 fully saturated rings. The molecular formula is C25H35FN6O2. The smallest absolute Gasteiger partial charge is 0.318 e. The van der Waals surface area contributed by atoms with Crippen LogP contribution in [-0.2, 0) is 10.3 Å². The first-order valence-electron chi connectivity index (χ1n) is 12.3. The molecule has 34 heavy (non-hydrogen) atoms. The van der Waals surface area contributed by atoms with E-state index < -0.39 is 0 Å². The lowest BCUT2D eigenvalue weighted by Crippen LogP contribution is -2.54. The first kappa shape index (κ1) is 23.2. The van der Waals surface area contributed by atoms with Crippen molar-refractivity contribution in [1.29, 1.82) is 0 Å². The normalized spacial score (nSPS) is 34.0. The molecule has 1 aromatic rings. The zero-order valence-corrected chi connectivity index (χ0v) is 20.3. The number of amides is 2. The molecule has 2 saturated heterocycles. The number of carbonyl (C=O) groups is 1. The number of ether oxygens (including phenoxy) is 1. The van der Waals surface area contributed by atoms with E-state index in [4.69, 9.17) is 9.73 Å². The molecule has 184 valence electrons. The molecular weight excluding hydrogens is 435 g/mol. The summed E-state index contributed by atoms with van der Waals surface area (Å²) in [6.45, 7) is 5.68. The number of morpholine rings is 1. The third-order valence-corrected chi connectivity index (χ3v) is 8.19. The standard InChI is InChI=1S/C25H35FN6O2/c1-18-21(16-27-22(28-18)31-12-14-34-15-13-31)32-17-24(29-23(32)33)8-10-25(11-9-24,30(2)3)19-4-6-20(26)7-5-19/h4-7,16,18,21H,8-15,17H2,1-3H3,(H,29,33)/t18?,21?,24-,25+. The SMILES string of the molecule is CC1N=C(N2CCOCC2)N=CC1N1C[C@]2(CC[C@](c3ccc(F)cc3)(N(C)C)CC2)NC1=O. The summed E-state index contributed by atoms with van der Waals surface area (Å²) in [6, 6.07) is 6.64. The van der Waals surface area contributed by atoms with Crippen LogP contribution in [0.3, 0.4) is 0 Å². The van der Waals surface area contributed by atoms with Gasteiger partial charge in [-0.05, 0) is 64.4 Å². The number of nitrogens with one attached hydrogen (secondary N) is 1. The Hall–Kier alpha value is -2.52. The number of hydrogen-bond acceptors (Lipinski definition) is 6. The molecule has 8 nitrogen and oxygen atoms in total. The summed E-state index contributed by atoms with van der Waals surface area (Å²) in [4.78, 5) is 28.9. The van der Waals surface area contributed by atoms with Gasteiger partial charge in [-0.2, -0.15) is 0 Å². The van der Waals surface area contributed by atoms with E-state index in [9.17, 15) is 9.18 Å². The maximum absolute atomic E-state index is 13.6. The van der Waals surface area contributed by atoms with Gasteiger partial charge in [-0.1, -0.05) is 12.1 Å². The highest BCUT2D eigenvalue weighted by Gasteiger charge is 2.51. The number of aliphatic imine (C=N–C) groups is 2. The van der Waals surface area contributed by atoms with Gasteiger partial charge in [0.15, 0.2) is 0 Å². The van der Waals surface area contributed by atoms with Crippen LogP contribution in [0.4, 0.5) is 9.18 Å². The van der Waals surface area contributed by atoms with E-state index in [1.54, 1.807) is 12.1 Å². The molecule has 1 aromatic carbocycles. The maximum Gasteiger partial charge on any atom is 0.318 e. The Morgan fingerprint density at radius 1 is 1.12 bits per heavy atom. The Balaban J connectivity index is 1.28. The number of benzene rings is 1. The zero-order chi connectivity index (χ0) is 23.9. The van der Waals surface area contributed by atoms with E-state index in [0.717, 1.165) is 50.3 Å². The fourth-order valence-corrected chi connectivity index (χ4v) is 5.98.